The van der Waals surface area contributed by atoms with E-state index in [2.05, 4.69) is 0 Å². The van der Waals surface area contributed by atoms with Crippen LogP contribution in [0.1, 0.15) is 20.8 Å². The first-order valence-electron chi connectivity index (χ1n) is 5.67. The minimum absolute atomic E-state index is 0.0237. The van der Waals surface area contributed by atoms with Gasteiger partial charge in [-0.2, -0.15) is 15.8 Å². The quantitative estimate of drug-likeness (QED) is 0.765. The third-order valence-electron chi connectivity index (χ3n) is 2.53. The van der Waals surface area contributed by atoms with E-state index in [4.69, 9.17) is 31.0 Å². The lowest BCUT2D eigenvalue weighted by Crippen LogP contribution is -2.33. The molecule has 0 spiro atoms. The van der Waals surface area contributed by atoms with Crippen LogP contribution in [0.15, 0.2) is 22.6 Å². The highest BCUT2D eigenvalue weighted by Gasteiger charge is 2.45. The smallest absolute Gasteiger partial charge is 0.239 e. The molecule has 1 heterocycles. The predicted molar refractivity (Wildman–Crippen MR) is 65.4 cm³/mol. The molecule has 0 saturated heterocycles. The molecule has 1 rings (SSSR count). The maximum Gasteiger partial charge on any atom is 0.239 e. The van der Waals surface area contributed by atoms with E-state index < -0.39 is 5.79 Å². The van der Waals surface area contributed by atoms with E-state index >= 15 is 0 Å². The van der Waals surface area contributed by atoms with Gasteiger partial charge in [0.25, 0.3) is 0 Å². The molecule has 0 radical (unpaired) electrons. The van der Waals surface area contributed by atoms with Crippen LogP contribution < -0.4 is 5.73 Å². The van der Waals surface area contributed by atoms with Crippen LogP contribution in [0.4, 0.5) is 0 Å². The Hall–Kier alpha value is -2.49. The predicted octanol–water partition coefficient (Wildman–Crippen LogP) is 1.44. The molecule has 0 aliphatic carbocycles. The lowest BCUT2D eigenvalue weighted by Gasteiger charge is -2.27. The lowest BCUT2D eigenvalue weighted by molar-refractivity contribution is -0.171. The van der Waals surface area contributed by atoms with Crippen LogP contribution in [-0.4, -0.2) is 12.4 Å². The summed E-state index contributed by atoms with van der Waals surface area (Å²) in [5.74, 6) is -1.28. The lowest BCUT2D eigenvalue weighted by atomic mass is 9.96. The fourth-order valence-corrected chi connectivity index (χ4v) is 1.69. The van der Waals surface area contributed by atoms with E-state index in [0.29, 0.717) is 6.61 Å². The summed E-state index contributed by atoms with van der Waals surface area (Å²) in [4.78, 5) is 0. The first kappa shape index (κ1) is 14.6. The third kappa shape index (κ3) is 2.68. The first-order chi connectivity index (χ1) is 8.89. The number of rotatable bonds is 3. The molecule has 0 aromatic rings. The van der Waals surface area contributed by atoms with Crippen LogP contribution in [0.3, 0.4) is 0 Å². The summed E-state index contributed by atoms with van der Waals surface area (Å²) < 4.78 is 10.9. The Bertz CT molecular complexity index is 553. The van der Waals surface area contributed by atoms with Gasteiger partial charge in [0, 0.05) is 6.92 Å². The van der Waals surface area contributed by atoms with Crippen LogP contribution in [-0.2, 0) is 9.47 Å². The number of hydrogen-bond acceptors (Lipinski definition) is 6. The summed E-state index contributed by atoms with van der Waals surface area (Å²) in [6.45, 7) is 5.77. The molecule has 2 N–H and O–H groups in total. The molecular formula is C13H14N4O2. The fraction of sp³-hybridized carbons (Fsp3) is 0.462. The van der Waals surface area contributed by atoms with E-state index in [9.17, 15) is 0 Å². The van der Waals surface area contributed by atoms with Gasteiger partial charge in [-0.25, -0.2) is 0 Å². The second-order valence-corrected chi connectivity index (χ2v) is 4.58. The molecular weight excluding hydrogens is 244 g/mol. The highest BCUT2D eigenvalue weighted by Crippen LogP contribution is 2.39. The number of nitrogens with two attached hydrogens (primary N) is 1. The van der Waals surface area contributed by atoms with Crippen LogP contribution in [0.25, 0.3) is 0 Å². The van der Waals surface area contributed by atoms with Crippen molar-refractivity contribution in [3.8, 4) is 18.2 Å². The van der Waals surface area contributed by atoms with Crippen molar-refractivity contribution in [2.24, 2.45) is 11.7 Å². The summed E-state index contributed by atoms with van der Waals surface area (Å²) in [5.41, 5.74) is 5.45. The van der Waals surface area contributed by atoms with Crippen LogP contribution in [0.2, 0.25) is 0 Å². The van der Waals surface area contributed by atoms with Crippen molar-refractivity contribution in [1.29, 1.82) is 15.8 Å². The average molecular weight is 258 g/mol. The second kappa shape index (κ2) is 5.44. The SMILES string of the molecule is CC(C)COC1(C)OC(N)=C(C#N)C1=C(C#N)C#N. The molecule has 0 aromatic heterocycles. The molecule has 0 saturated carbocycles. The molecule has 0 aromatic carbocycles. The van der Waals surface area contributed by atoms with Crippen molar-refractivity contribution < 1.29 is 9.47 Å². The van der Waals surface area contributed by atoms with Crippen molar-refractivity contribution in [3.05, 3.63) is 22.6 Å². The van der Waals surface area contributed by atoms with Crippen molar-refractivity contribution in [3.63, 3.8) is 0 Å². The highest BCUT2D eigenvalue weighted by molar-refractivity contribution is 5.59. The topological polar surface area (TPSA) is 116 Å². The largest absolute Gasteiger partial charge is 0.442 e. The Labute approximate surface area is 111 Å². The van der Waals surface area contributed by atoms with E-state index in [0.717, 1.165) is 0 Å². The maximum absolute atomic E-state index is 9.08. The van der Waals surface area contributed by atoms with Crippen LogP contribution in [0.5, 0.6) is 0 Å². The summed E-state index contributed by atoms with van der Waals surface area (Å²) in [6.07, 6.45) is 0. The maximum atomic E-state index is 9.08. The van der Waals surface area contributed by atoms with Gasteiger partial charge < -0.3 is 15.2 Å². The molecule has 6 nitrogen and oxygen atoms in total. The van der Waals surface area contributed by atoms with Gasteiger partial charge in [-0.1, -0.05) is 13.8 Å². The third-order valence-corrected chi connectivity index (χ3v) is 2.53. The van der Waals surface area contributed by atoms with Gasteiger partial charge in [-0.3, -0.25) is 0 Å². The average Bonchev–Trinajstić information content (AvgIpc) is 2.61. The number of nitriles is 3. The number of hydrogen-bond donors (Lipinski definition) is 1. The van der Waals surface area contributed by atoms with Crippen molar-refractivity contribution in [2.75, 3.05) is 6.61 Å². The molecule has 1 atom stereocenters. The standard InChI is InChI=1S/C13H14N4O2/c1-8(2)7-18-13(3)11(9(4-14)5-15)10(6-16)12(17)19-13/h8H,7,17H2,1-3H3. The van der Waals surface area contributed by atoms with Crippen molar-refractivity contribution in [2.45, 2.75) is 26.6 Å². The van der Waals surface area contributed by atoms with E-state index in [-0.39, 0.29) is 28.5 Å². The minimum atomic E-state index is -1.37. The zero-order valence-electron chi connectivity index (χ0n) is 11.0. The van der Waals surface area contributed by atoms with Gasteiger partial charge in [-0.05, 0) is 5.92 Å². The molecule has 0 fully saturated rings. The number of nitrogens with zero attached hydrogens (tertiary/aromatic N) is 3. The van der Waals surface area contributed by atoms with Gasteiger partial charge in [0.05, 0.1) is 12.2 Å². The Balaban J connectivity index is 3.32. The number of ether oxygens (including phenoxy) is 2. The van der Waals surface area contributed by atoms with Gasteiger partial charge in [-0.15, -0.1) is 0 Å². The monoisotopic (exact) mass is 258 g/mol. The molecule has 6 heteroatoms. The summed E-state index contributed by atoms with van der Waals surface area (Å²) >= 11 is 0. The molecule has 98 valence electrons. The normalized spacial score (nSPS) is 21.6. The summed E-state index contributed by atoms with van der Waals surface area (Å²) in [7, 11) is 0. The molecule has 1 aliphatic heterocycles. The van der Waals surface area contributed by atoms with Gasteiger partial charge in [0.15, 0.2) is 0 Å². The minimum Gasteiger partial charge on any atom is -0.442 e. The van der Waals surface area contributed by atoms with Crippen molar-refractivity contribution >= 4 is 0 Å². The fourth-order valence-electron chi connectivity index (χ4n) is 1.69. The summed E-state index contributed by atoms with van der Waals surface area (Å²) in [6, 6.07) is 5.32. The Kier molecular flexibility index (Phi) is 4.17. The van der Waals surface area contributed by atoms with Crippen molar-refractivity contribution in [1.82, 2.24) is 0 Å². The van der Waals surface area contributed by atoms with E-state index in [1.165, 1.54) is 6.92 Å². The zero-order valence-corrected chi connectivity index (χ0v) is 11.0. The molecule has 1 unspecified atom stereocenters. The molecule has 1 aliphatic rings. The van der Waals surface area contributed by atoms with Gasteiger partial charge in [0.1, 0.15) is 29.4 Å². The molecule has 0 bridgehead atoms. The molecule has 19 heavy (non-hydrogen) atoms. The zero-order chi connectivity index (χ0) is 14.6. The molecule has 0 amide bonds. The second-order valence-electron chi connectivity index (χ2n) is 4.58. The summed E-state index contributed by atoms with van der Waals surface area (Å²) in [5, 5.41) is 27.0. The van der Waals surface area contributed by atoms with E-state index in [1.807, 2.05) is 19.9 Å². The Morgan fingerprint density at radius 3 is 2.37 bits per heavy atom. The Morgan fingerprint density at radius 2 is 1.95 bits per heavy atom. The van der Waals surface area contributed by atoms with E-state index in [1.54, 1.807) is 12.1 Å². The first-order valence-corrected chi connectivity index (χ1v) is 5.67. The van der Waals surface area contributed by atoms with Crippen LogP contribution >= 0.6 is 0 Å². The van der Waals surface area contributed by atoms with Gasteiger partial charge >= 0.3 is 0 Å². The number of allylic oxidation sites excluding steroid dienone is 1. The van der Waals surface area contributed by atoms with Gasteiger partial charge in [0.2, 0.25) is 11.7 Å². The Morgan fingerprint density at radius 1 is 1.37 bits per heavy atom. The van der Waals surface area contributed by atoms with Crippen LogP contribution in [0, 0.1) is 39.9 Å². The highest BCUT2D eigenvalue weighted by atomic mass is 16.7.